The first-order valence-corrected chi connectivity index (χ1v) is 7.23. The van der Waals surface area contributed by atoms with Crippen LogP contribution in [0.15, 0.2) is 12.5 Å². The lowest BCUT2D eigenvalue weighted by molar-refractivity contribution is 0.343. The van der Waals surface area contributed by atoms with Gasteiger partial charge in [0.2, 0.25) is 0 Å². The number of hydrogen-bond donors (Lipinski definition) is 1. The van der Waals surface area contributed by atoms with Gasteiger partial charge in [0, 0.05) is 24.3 Å². The topological polar surface area (TPSA) is 29.9 Å². The summed E-state index contributed by atoms with van der Waals surface area (Å²) in [6, 6.07) is 0.590. The van der Waals surface area contributed by atoms with Crippen LogP contribution in [0.3, 0.4) is 0 Å². The third-order valence-electron chi connectivity index (χ3n) is 4.07. The maximum atomic E-state index is 4.34. The van der Waals surface area contributed by atoms with Crippen LogP contribution in [-0.2, 0) is 6.54 Å². The summed E-state index contributed by atoms with van der Waals surface area (Å²) in [6.07, 6.45) is 9.57. The molecule has 1 N–H and O–H groups in total. The van der Waals surface area contributed by atoms with Crippen molar-refractivity contribution in [3.8, 4) is 0 Å². The number of rotatable bonds is 4. The van der Waals surface area contributed by atoms with Crippen molar-refractivity contribution in [1.29, 1.82) is 0 Å². The summed E-state index contributed by atoms with van der Waals surface area (Å²) in [5.74, 6) is 0.840. The van der Waals surface area contributed by atoms with E-state index in [4.69, 9.17) is 0 Å². The molecule has 0 amide bonds. The Hall–Kier alpha value is -0.830. The van der Waals surface area contributed by atoms with Crippen LogP contribution in [0.2, 0.25) is 0 Å². The summed E-state index contributed by atoms with van der Waals surface area (Å²) in [7, 11) is 0. The van der Waals surface area contributed by atoms with Crippen LogP contribution in [0.25, 0.3) is 0 Å². The molecule has 18 heavy (non-hydrogen) atoms. The molecule has 1 aromatic rings. The molecule has 0 saturated heterocycles. The van der Waals surface area contributed by atoms with Gasteiger partial charge < -0.3 is 9.88 Å². The van der Waals surface area contributed by atoms with Crippen molar-refractivity contribution in [2.75, 3.05) is 0 Å². The maximum Gasteiger partial charge on any atom is 0.0951 e. The van der Waals surface area contributed by atoms with Crippen molar-refractivity contribution in [3.63, 3.8) is 0 Å². The monoisotopic (exact) mass is 249 g/mol. The van der Waals surface area contributed by atoms with Crippen molar-refractivity contribution in [2.24, 2.45) is 5.92 Å². The van der Waals surface area contributed by atoms with Gasteiger partial charge in [-0.2, -0.15) is 0 Å². The minimum Gasteiger partial charge on any atom is -0.330 e. The highest BCUT2D eigenvalue weighted by Gasteiger charge is 2.24. The van der Waals surface area contributed by atoms with E-state index < -0.39 is 0 Å². The fourth-order valence-electron chi connectivity index (χ4n) is 2.86. The average Bonchev–Trinajstić information content (AvgIpc) is 2.95. The molecule has 1 unspecified atom stereocenters. The van der Waals surface area contributed by atoms with Crippen molar-refractivity contribution in [3.05, 3.63) is 18.2 Å². The molecule has 0 aliphatic heterocycles. The lowest BCUT2D eigenvalue weighted by Crippen LogP contribution is -2.36. The Balaban J connectivity index is 2.02. The van der Waals surface area contributed by atoms with Gasteiger partial charge in [-0.15, -0.1) is 0 Å². The highest BCUT2D eigenvalue weighted by Crippen LogP contribution is 2.34. The minimum atomic E-state index is 0.158. The van der Waals surface area contributed by atoms with Crippen molar-refractivity contribution in [2.45, 2.75) is 71.5 Å². The van der Waals surface area contributed by atoms with E-state index in [-0.39, 0.29) is 5.54 Å². The molecule has 1 aliphatic carbocycles. The van der Waals surface area contributed by atoms with E-state index in [1.807, 2.05) is 12.5 Å². The summed E-state index contributed by atoms with van der Waals surface area (Å²) in [6.45, 7) is 9.86. The quantitative estimate of drug-likeness (QED) is 0.884. The zero-order valence-electron chi connectivity index (χ0n) is 12.2. The average molecular weight is 249 g/mol. The van der Waals surface area contributed by atoms with E-state index in [2.05, 4.69) is 42.6 Å². The summed E-state index contributed by atoms with van der Waals surface area (Å²) in [5.41, 5.74) is 1.47. The van der Waals surface area contributed by atoms with Crippen LogP contribution in [0.1, 0.15) is 65.1 Å². The molecule has 3 heteroatoms. The molecule has 3 nitrogen and oxygen atoms in total. The Bertz CT molecular complexity index is 369. The van der Waals surface area contributed by atoms with Crippen LogP contribution < -0.4 is 5.32 Å². The lowest BCUT2D eigenvalue weighted by Gasteiger charge is -2.25. The van der Waals surface area contributed by atoms with E-state index in [1.54, 1.807) is 0 Å². The van der Waals surface area contributed by atoms with Gasteiger partial charge in [0.25, 0.3) is 0 Å². The Labute approximate surface area is 111 Å². The predicted octanol–water partition coefficient (Wildman–Crippen LogP) is 3.52. The van der Waals surface area contributed by atoms with Crippen LogP contribution in [0, 0.1) is 5.92 Å². The summed E-state index contributed by atoms with van der Waals surface area (Å²) in [4.78, 5) is 4.34. The molecule has 1 saturated carbocycles. The second-order valence-corrected chi connectivity index (χ2v) is 6.68. The molecule has 0 radical (unpaired) electrons. The van der Waals surface area contributed by atoms with Crippen LogP contribution in [0.5, 0.6) is 0 Å². The van der Waals surface area contributed by atoms with E-state index >= 15 is 0 Å². The van der Waals surface area contributed by atoms with Gasteiger partial charge >= 0.3 is 0 Å². The normalized spacial score (nSPS) is 19.3. The first kappa shape index (κ1) is 13.6. The van der Waals surface area contributed by atoms with Crippen molar-refractivity contribution >= 4 is 0 Å². The molecular weight excluding hydrogens is 222 g/mol. The summed E-state index contributed by atoms with van der Waals surface area (Å²) < 4.78 is 2.37. The molecule has 1 aromatic heterocycles. The Morgan fingerprint density at radius 3 is 2.67 bits per heavy atom. The van der Waals surface area contributed by atoms with Crippen molar-refractivity contribution in [1.82, 2.24) is 14.9 Å². The molecule has 0 spiro atoms. The molecule has 0 bridgehead atoms. The lowest BCUT2D eigenvalue weighted by atomic mass is 9.99. The standard InChI is InChI=1S/C15H27N3/c1-12(13-7-5-6-8-13)18-11-16-9-14(18)10-17-15(2,3)4/h9,11-13,17H,5-8,10H2,1-4H3. The highest BCUT2D eigenvalue weighted by molar-refractivity contribution is 5.01. The minimum absolute atomic E-state index is 0.158. The zero-order valence-corrected chi connectivity index (χ0v) is 12.2. The fourth-order valence-corrected chi connectivity index (χ4v) is 2.86. The van der Waals surface area contributed by atoms with E-state index in [0.717, 1.165) is 12.5 Å². The van der Waals surface area contributed by atoms with Gasteiger partial charge in [0.05, 0.1) is 12.0 Å². The van der Waals surface area contributed by atoms with E-state index in [0.29, 0.717) is 6.04 Å². The third-order valence-corrected chi connectivity index (χ3v) is 4.07. The number of nitrogens with one attached hydrogen (secondary N) is 1. The number of aromatic nitrogens is 2. The number of imidazole rings is 1. The van der Waals surface area contributed by atoms with Crippen LogP contribution in [0.4, 0.5) is 0 Å². The van der Waals surface area contributed by atoms with Gasteiger partial charge in [-0.3, -0.25) is 0 Å². The summed E-state index contributed by atoms with van der Waals surface area (Å²) in [5, 5.41) is 3.55. The second-order valence-electron chi connectivity index (χ2n) is 6.68. The molecule has 1 fully saturated rings. The largest absolute Gasteiger partial charge is 0.330 e. The van der Waals surface area contributed by atoms with Gasteiger partial charge in [-0.1, -0.05) is 12.8 Å². The van der Waals surface area contributed by atoms with Gasteiger partial charge in [-0.25, -0.2) is 4.98 Å². The van der Waals surface area contributed by atoms with E-state index in [9.17, 15) is 0 Å². The maximum absolute atomic E-state index is 4.34. The first-order chi connectivity index (χ1) is 8.47. The first-order valence-electron chi connectivity index (χ1n) is 7.23. The van der Waals surface area contributed by atoms with Gasteiger partial charge in [0.1, 0.15) is 0 Å². The Morgan fingerprint density at radius 2 is 2.06 bits per heavy atom. The zero-order chi connectivity index (χ0) is 13.2. The Morgan fingerprint density at radius 1 is 1.39 bits per heavy atom. The number of hydrogen-bond acceptors (Lipinski definition) is 2. The highest BCUT2D eigenvalue weighted by atomic mass is 15.1. The van der Waals surface area contributed by atoms with Crippen LogP contribution >= 0.6 is 0 Å². The molecular formula is C15H27N3. The smallest absolute Gasteiger partial charge is 0.0951 e. The van der Waals surface area contributed by atoms with Crippen molar-refractivity contribution < 1.29 is 0 Å². The second kappa shape index (κ2) is 5.43. The molecule has 1 atom stereocenters. The molecule has 2 rings (SSSR count). The van der Waals surface area contributed by atoms with E-state index in [1.165, 1.54) is 31.4 Å². The number of nitrogens with zero attached hydrogens (tertiary/aromatic N) is 2. The predicted molar refractivity (Wildman–Crippen MR) is 75.5 cm³/mol. The molecule has 102 valence electrons. The van der Waals surface area contributed by atoms with Gasteiger partial charge in [-0.05, 0) is 46.5 Å². The van der Waals surface area contributed by atoms with Gasteiger partial charge in [0.15, 0.2) is 0 Å². The Kier molecular flexibility index (Phi) is 4.10. The molecule has 0 aromatic carbocycles. The summed E-state index contributed by atoms with van der Waals surface area (Å²) >= 11 is 0. The SMILES string of the molecule is CC(C1CCCC1)n1cncc1CNC(C)(C)C. The third kappa shape index (κ3) is 3.35. The molecule has 1 aliphatic rings. The molecule has 1 heterocycles. The van der Waals surface area contributed by atoms with Crippen LogP contribution in [-0.4, -0.2) is 15.1 Å². The fraction of sp³-hybridized carbons (Fsp3) is 0.800.